The number of nitrogens with two attached hydrogens (primary N) is 1. The zero-order valence-electron chi connectivity index (χ0n) is 36.6. The molecule has 0 bridgehead atoms. The third-order valence-electron chi connectivity index (χ3n) is 10.7. The van der Waals surface area contributed by atoms with Crippen LogP contribution in [0.5, 0.6) is 0 Å². The fourth-order valence-electron chi connectivity index (χ4n) is 7.21. The Morgan fingerprint density at radius 3 is 0.737 bits per heavy atom. The maximum atomic E-state index is 10.8. The molecule has 2 aliphatic carbocycles. The predicted octanol–water partition coefficient (Wildman–Crippen LogP) is 14.4. The number of hydrogen-bond donors (Lipinski definition) is 2. The molecule has 3 aliphatic rings. The maximum absolute atomic E-state index is 10.8. The van der Waals surface area contributed by atoms with Crippen molar-refractivity contribution in [2.45, 2.75) is 251 Å². The third kappa shape index (κ3) is 45.9. The van der Waals surface area contributed by atoms with Gasteiger partial charge in [0.25, 0.3) is 11.8 Å². The van der Waals surface area contributed by atoms with Gasteiger partial charge in [-0.15, -0.1) is 5.06 Å². The van der Waals surface area contributed by atoms with Crippen molar-refractivity contribution in [1.29, 1.82) is 0 Å². The van der Waals surface area contributed by atoms with Crippen molar-refractivity contribution < 1.29 is 24.0 Å². The highest BCUT2D eigenvalue weighted by molar-refractivity contribution is 9.09. The van der Waals surface area contributed by atoms with E-state index in [1.54, 1.807) is 7.05 Å². The molecule has 1 heterocycles. The van der Waals surface area contributed by atoms with Gasteiger partial charge in [-0.25, -0.2) is 4.79 Å². The Bertz CT molecular complexity index is 672. The summed E-state index contributed by atoms with van der Waals surface area (Å²) in [7, 11) is 3.10. The topological polar surface area (TPSA) is 119 Å². The van der Waals surface area contributed by atoms with Crippen molar-refractivity contribution in [3.8, 4) is 0 Å². The zero-order valence-corrected chi connectivity index (χ0v) is 39.8. The van der Waals surface area contributed by atoms with Gasteiger partial charge in [-0.2, -0.15) is 0 Å². The number of imide groups is 1. The summed E-state index contributed by atoms with van der Waals surface area (Å²) >= 11 is 5.80. The summed E-state index contributed by atoms with van der Waals surface area (Å²) in [6.45, 7) is 0. The van der Waals surface area contributed by atoms with E-state index < -0.39 is 17.8 Å². The van der Waals surface area contributed by atoms with Gasteiger partial charge in [0.15, 0.2) is 0 Å². The van der Waals surface area contributed by atoms with Crippen LogP contribution in [-0.4, -0.2) is 53.5 Å². The molecule has 3 N–H and O–H groups in total. The van der Waals surface area contributed by atoms with Crippen molar-refractivity contribution in [2.75, 3.05) is 24.8 Å². The molecule has 0 atom stereocenters. The lowest BCUT2D eigenvalue weighted by molar-refractivity contribution is -0.195. The first-order valence-electron chi connectivity index (χ1n) is 23.4. The second-order valence-corrected chi connectivity index (χ2v) is 16.8. The average Bonchev–Trinajstić information content (AvgIpc) is 3.54. The highest BCUT2D eigenvalue weighted by Gasteiger charge is 2.32. The van der Waals surface area contributed by atoms with Crippen molar-refractivity contribution >= 4 is 55.6 Å². The molecule has 0 aromatic rings. The van der Waals surface area contributed by atoms with E-state index in [1.165, 1.54) is 238 Å². The molecular weight excluding hydrogens is 846 g/mol. The van der Waals surface area contributed by atoms with Gasteiger partial charge in [-0.05, 0) is 7.05 Å². The number of rotatable bonds is 3. The van der Waals surface area contributed by atoms with Crippen LogP contribution in [0.2, 0.25) is 0 Å². The summed E-state index contributed by atoms with van der Waals surface area (Å²) < 4.78 is 0. The molecule has 1 aliphatic heterocycles. The van der Waals surface area contributed by atoms with Gasteiger partial charge in [-0.1, -0.05) is 270 Å². The van der Waals surface area contributed by atoms with E-state index in [2.05, 4.69) is 47.7 Å². The van der Waals surface area contributed by atoms with Gasteiger partial charge < -0.3 is 15.9 Å². The minimum Gasteiger partial charge on any atom is -0.358 e. The van der Waals surface area contributed by atoms with Crippen molar-refractivity contribution in [3.63, 3.8) is 0 Å². The number of carbonyl (C=O) groups excluding carboxylic acids is 4. The van der Waals surface area contributed by atoms with Gasteiger partial charge in [0.05, 0.1) is 5.33 Å². The minimum atomic E-state index is -0.654. The standard InChI is InChI=1S/2C18H36.C6H6BrNO4.C3H6BrNO.CH5N.CH4/c2*1-2-4-6-8-10-12-14-16-18-17-15-13-11-9-7-5-3-1;7-3-6(11)12-8-4(9)1-2-5(8)10;1-5-3(6)2-4;1-2;/h2*1-18H2;1-3H2;2H2,1H3,(H,5,6);2H2,1H3;1H4. The number of alkyl halides is 2. The van der Waals surface area contributed by atoms with Crippen molar-refractivity contribution in [2.24, 2.45) is 5.73 Å². The first-order chi connectivity index (χ1) is 27.5. The number of carbonyl (C=O) groups is 4. The second-order valence-electron chi connectivity index (χ2n) is 15.7. The average molecular weight is 940 g/mol. The minimum absolute atomic E-state index is 0. The number of halogens is 2. The molecule has 57 heavy (non-hydrogen) atoms. The number of nitrogens with one attached hydrogen (secondary N) is 1. The Kier molecular flexibility index (Phi) is 54.1. The van der Waals surface area contributed by atoms with E-state index in [1.807, 2.05) is 0 Å². The summed E-state index contributed by atoms with van der Waals surface area (Å²) in [6.07, 6.45) is 54.2. The lowest BCUT2D eigenvalue weighted by atomic mass is 10.0. The summed E-state index contributed by atoms with van der Waals surface area (Å²) in [4.78, 5) is 46.8. The molecule has 340 valence electrons. The van der Waals surface area contributed by atoms with E-state index in [-0.39, 0.29) is 31.5 Å². The molecule has 0 radical (unpaired) electrons. The summed E-state index contributed by atoms with van der Waals surface area (Å²) in [5, 5.41) is 3.30. The molecule has 0 aromatic heterocycles. The monoisotopic (exact) mass is 938 g/mol. The molecule has 10 heteroatoms. The fraction of sp³-hybridized carbons (Fsp3) is 0.915. The van der Waals surface area contributed by atoms with Crippen LogP contribution in [0.1, 0.15) is 251 Å². The maximum Gasteiger partial charge on any atom is 0.343 e. The second kappa shape index (κ2) is 51.1. The molecule has 2 saturated carbocycles. The number of nitrogens with zero attached hydrogens (tertiary/aromatic N) is 1. The lowest BCUT2D eigenvalue weighted by Gasteiger charge is -2.10. The van der Waals surface area contributed by atoms with Gasteiger partial charge in [0.1, 0.15) is 5.33 Å². The Morgan fingerprint density at radius 1 is 0.456 bits per heavy atom. The van der Waals surface area contributed by atoms with Crippen LogP contribution < -0.4 is 11.1 Å². The van der Waals surface area contributed by atoms with Gasteiger partial charge in [0, 0.05) is 19.9 Å². The zero-order chi connectivity index (χ0) is 41.6. The van der Waals surface area contributed by atoms with E-state index in [0.29, 0.717) is 10.4 Å². The molecule has 1 saturated heterocycles. The van der Waals surface area contributed by atoms with Crippen LogP contribution in [0.25, 0.3) is 0 Å². The fourth-order valence-corrected chi connectivity index (χ4v) is 7.60. The molecule has 3 amide bonds. The molecule has 8 nitrogen and oxygen atoms in total. The number of hydrogen-bond acceptors (Lipinski definition) is 6. The highest BCUT2D eigenvalue weighted by atomic mass is 79.9. The van der Waals surface area contributed by atoms with Crippen molar-refractivity contribution in [3.05, 3.63) is 0 Å². The summed E-state index contributed by atoms with van der Waals surface area (Å²) in [5.74, 6) is -1.57. The predicted molar refractivity (Wildman–Crippen MR) is 252 cm³/mol. The number of amides is 3. The van der Waals surface area contributed by atoms with Crippen LogP contribution >= 0.6 is 31.9 Å². The van der Waals surface area contributed by atoms with Gasteiger partial charge in [-0.3, -0.25) is 14.4 Å². The molecule has 0 spiro atoms. The Morgan fingerprint density at radius 2 is 0.632 bits per heavy atom. The van der Waals surface area contributed by atoms with E-state index in [0.717, 1.165) is 0 Å². The Hall–Kier alpha value is -1.00. The van der Waals surface area contributed by atoms with Crippen LogP contribution in [0.4, 0.5) is 0 Å². The first kappa shape index (κ1) is 60.3. The molecular formula is C47H93Br2N3O5. The molecule has 0 unspecified atom stereocenters. The SMILES string of the molecule is C.C1CCCCCCCCCCCCCCCCC1.C1CCCCCCCCCCCCCCCCC1.CN.CNC(=O)CBr.O=C(CBr)ON1C(=O)CCC1=O. The largest absolute Gasteiger partial charge is 0.358 e. The van der Waals surface area contributed by atoms with Gasteiger partial charge >= 0.3 is 5.97 Å². The van der Waals surface area contributed by atoms with Crippen LogP contribution in [0, 0.1) is 0 Å². The Labute approximate surface area is 370 Å². The normalized spacial score (nSPS) is 19.6. The lowest BCUT2D eigenvalue weighted by Crippen LogP contribution is -2.32. The smallest absolute Gasteiger partial charge is 0.343 e. The van der Waals surface area contributed by atoms with Crippen LogP contribution in [0.15, 0.2) is 0 Å². The molecule has 3 rings (SSSR count). The molecule has 0 aromatic carbocycles. The first-order valence-corrected chi connectivity index (χ1v) is 25.7. The van der Waals surface area contributed by atoms with Crippen LogP contribution in [-0.2, 0) is 24.0 Å². The third-order valence-corrected chi connectivity index (χ3v) is 11.7. The van der Waals surface area contributed by atoms with Crippen LogP contribution in [0.3, 0.4) is 0 Å². The van der Waals surface area contributed by atoms with Gasteiger partial charge in [0.2, 0.25) is 5.91 Å². The summed E-state index contributed by atoms with van der Waals surface area (Å²) in [5.41, 5.74) is 4.50. The Balaban J connectivity index is -0.000000705. The van der Waals surface area contributed by atoms with E-state index >= 15 is 0 Å². The molecule has 3 fully saturated rings. The highest BCUT2D eigenvalue weighted by Crippen LogP contribution is 2.18. The number of hydroxylamine groups is 2. The van der Waals surface area contributed by atoms with Crippen molar-refractivity contribution in [1.82, 2.24) is 10.4 Å². The van der Waals surface area contributed by atoms with E-state index in [4.69, 9.17) is 0 Å². The van der Waals surface area contributed by atoms with E-state index in [9.17, 15) is 19.2 Å². The summed E-state index contributed by atoms with van der Waals surface area (Å²) in [6, 6.07) is 0. The quantitative estimate of drug-likeness (QED) is 0.215.